The lowest BCUT2D eigenvalue weighted by Gasteiger charge is -2.08. The van der Waals surface area contributed by atoms with Gasteiger partial charge >= 0.3 is 0 Å². The Kier molecular flexibility index (Phi) is 3.45. The Morgan fingerprint density at radius 3 is 2.85 bits per heavy atom. The van der Waals surface area contributed by atoms with E-state index in [9.17, 15) is 4.39 Å². The molecule has 1 rings (SSSR count). The maximum Gasteiger partial charge on any atom is 0.170 e. The summed E-state index contributed by atoms with van der Waals surface area (Å²) in [4.78, 5) is 0. The summed E-state index contributed by atoms with van der Waals surface area (Å²) in [6, 6.07) is 4.68. The van der Waals surface area contributed by atoms with Gasteiger partial charge in [-0.05, 0) is 24.4 Å². The van der Waals surface area contributed by atoms with Crippen LogP contribution in [0.15, 0.2) is 18.2 Å². The zero-order valence-electron chi connectivity index (χ0n) is 6.90. The fraction of sp³-hybridized carbons (Fsp3) is 0.125. The Balaban J connectivity index is 2.89. The fourth-order valence-electron chi connectivity index (χ4n) is 0.785. The second kappa shape index (κ2) is 4.39. The van der Waals surface area contributed by atoms with Crippen molar-refractivity contribution >= 4 is 34.6 Å². The van der Waals surface area contributed by atoms with E-state index in [4.69, 9.17) is 23.8 Å². The molecule has 0 unspecified atom stereocenters. The third kappa shape index (κ3) is 2.54. The lowest BCUT2D eigenvalue weighted by Crippen LogP contribution is -2.24. The molecule has 1 aromatic rings. The number of hydrogen-bond acceptors (Lipinski definition) is 1. The molecule has 0 aliphatic heterocycles. The normalized spacial score (nSPS) is 9.46. The van der Waals surface area contributed by atoms with E-state index in [0.717, 1.165) is 0 Å². The number of nitrogens with one attached hydrogen (secondary N) is 2. The van der Waals surface area contributed by atoms with Gasteiger partial charge in [-0.3, -0.25) is 0 Å². The summed E-state index contributed by atoms with van der Waals surface area (Å²) in [5, 5.41) is 5.75. The van der Waals surface area contributed by atoms with Crippen LogP contribution in [0.1, 0.15) is 0 Å². The van der Waals surface area contributed by atoms with Crippen LogP contribution in [0.3, 0.4) is 0 Å². The van der Waals surface area contributed by atoms with Crippen molar-refractivity contribution in [2.45, 2.75) is 0 Å². The van der Waals surface area contributed by atoms with Crippen molar-refractivity contribution in [3.63, 3.8) is 0 Å². The number of thiocarbonyl (C=S) groups is 1. The van der Waals surface area contributed by atoms with Crippen LogP contribution in [0.2, 0.25) is 5.02 Å². The zero-order valence-corrected chi connectivity index (χ0v) is 8.47. The van der Waals surface area contributed by atoms with Gasteiger partial charge in [-0.2, -0.15) is 0 Å². The molecule has 0 saturated heterocycles. The summed E-state index contributed by atoms with van der Waals surface area (Å²) < 4.78 is 13.2. The second-order valence-corrected chi connectivity index (χ2v) is 3.12. The van der Waals surface area contributed by atoms with Crippen LogP contribution in [0.4, 0.5) is 10.1 Å². The van der Waals surface area contributed by atoms with Crippen LogP contribution in [0.25, 0.3) is 0 Å². The summed E-state index contributed by atoms with van der Waals surface area (Å²) in [5.41, 5.74) is 0.270. The van der Waals surface area contributed by atoms with Gasteiger partial charge < -0.3 is 10.6 Å². The predicted molar refractivity (Wildman–Crippen MR) is 56.7 cm³/mol. The predicted octanol–water partition coefficient (Wildman–Crippen LogP) is 2.40. The van der Waals surface area contributed by atoms with Gasteiger partial charge in [0.1, 0.15) is 0 Å². The lowest BCUT2D eigenvalue weighted by molar-refractivity contribution is 0.632. The van der Waals surface area contributed by atoms with Crippen molar-refractivity contribution in [2.24, 2.45) is 0 Å². The number of anilines is 1. The highest BCUT2D eigenvalue weighted by Crippen LogP contribution is 2.21. The van der Waals surface area contributed by atoms with E-state index >= 15 is 0 Å². The first-order chi connectivity index (χ1) is 6.15. The molecule has 0 aliphatic carbocycles. The Morgan fingerprint density at radius 1 is 1.54 bits per heavy atom. The molecule has 0 saturated carbocycles. The minimum atomic E-state index is -0.498. The minimum Gasteiger partial charge on any atom is -0.366 e. The molecule has 13 heavy (non-hydrogen) atoms. The molecule has 2 nitrogen and oxygen atoms in total. The largest absolute Gasteiger partial charge is 0.366 e. The van der Waals surface area contributed by atoms with Crippen LogP contribution in [0.5, 0.6) is 0 Å². The van der Waals surface area contributed by atoms with Crippen molar-refractivity contribution in [1.82, 2.24) is 5.32 Å². The number of hydrogen-bond donors (Lipinski definition) is 2. The molecule has 5 heteroatoms. The molecule has 0 aromatic heterocycles. The molecule has 0 heterocycles. The lowest BCUT2D eigenvalue weighted by atomic mass is 10.3. The van der Waals surface area contributed by atoms with Crippen molar-refractivity contribution in [3.8, 4) is 0 Å². The molecular formula is C8H8ClFN2S. The summed E-state index contributed by atoms with van der Waals surface area (Å²) in [6.07, 6.45) is 0. The van der Waals surface area contributed by atoms with Crippen LogP contribution in [0, 0.1) is 5.82 Å². The van der Waals surface area contributed by atoms with Gasteiger partial charge in [-0.1, -0.05) is 17.7 Å². The first kappa shape index (κ1) is 10.2. The monoisotopic (exact) mass is 218 g/mol. The summed E-state index contributed by atoms with van der Waals surface area (Å²) >= 11 is 10.4. The Hall–Kier alpha value is -0.870. The molecule has 2 N–H and O–H groups in total. The average Bonchev–Trinajstić information content (AvgIpc) is 2.13. The van der Waals surface area contributed by atoms with Gasteiger partial charge in [-0.15, -0.1) is 0 Å². The van der Waals surface area contributed by atoms with E-state index in [1.165, 1.54) is 6.07 Å². The van der Waals surface area contributed by atoms with Gasteiger partial charge in [0.25, 0.3) is 0 Å². The van der Waals surface area contributed by atoms with Crippen LogP contribution in [-0.4, -0.2) is 12.2 Å². The van der Waals surface area contributed by atoms with Gasteiger partial charge in [0, 0.05) is 7.05 Å². The zero-order chi connectivity index (χ0) is 9.84. The van der Waals surface area contributed by atoms with E-state index in [1.807, 2.05) is 0 Å². The third-order valence-corrected chi connectivity index (χ3v) is 2.02. The third-order valence-electron chi connectivity index (χ3n) is 1.43. The molecule has 0 atom stereocenters. The SMILES string of the molecule is CNC(=S)Nc1cccc(Cl)c1F. The molecule has 70 valence electrons. The van der Waals surface area contributed by atoms with Crippen molar-refractivity contribution in [2.75, 3.05) is 12.4 Å². The first-order valence-electron chi connectivity index (χ1n) is 3.58. The van der Waals surface area contributed by atoms with E-state index in [-0.39, 0.29) is 10.7 Å². The van der Waals surface area contributed by atoms with Crippen LogP contribution in [-0.2, 0) is 0 Å². The van der Waals surface area contributed by atoms with Gasteiger partial charge in [0.05, 0.1) is 10.7 Å². The molecule has 0 bridgehead atoms. The van der Waals surface area contributed by atoms with Crippen molar-refractivity contribution in [3.05, 3.63) is 29.0 Å². The summed E-state index contributed by atoms with van der Waals surface area (Å²) in [7, 11) is 1.65. The number of rotatable bonds is 1. The molecule has 0 amide bonds. The number of benzene rings is 1. The Morgan fingerprint density at radius 2 is 2.23 bits per heavy atom. The highest BCUT2D eigenvalue weighted by molar-refractivity contribution is 7.80. The standard InChI is InChI=1S/C8H8ClFN2S/c1-11-8(13)12-6-4-2-3-5(9)7(6)10/h2-4H,1H3,(H2,11,12,13). The van der Waals surface area contributed by atoms with E-state index in [0.29, 0.717) is 5.11 Å². The molecule has 1 aromatic carbocycles. The highest BCUT2D eigenvalue weighted by Gasteiger charge is 2.05. The Labute approximate surface area is 86.1 Å². The Bertz CT molecular complexity index is 330. The molecule has 0 fully saturated rings. The summed E-state index contributed by atoms with van der Waals surface area (Å²) in [5.74, 6) is -0.498. The first-order valence-corrected chi connectivity index (χ1v) is 4.36. The second-order valence-electron chi connectivity index (χ2n) is 2.31. The van der Waals surface area contributed by atoms with Gasteiger partial charge in [0.15, 0.2) is 10.9 Å². The van der Waals surface area contributed by atoms with Gasteiger partial charge in [-0.25, -0.2) is 4.39 Å². The smallest absolute Gasteiger partial charge is 0.170 e. The van der Waals surface area contributed by atoms with E-state index < -0.39 is 5.82 Å². The molecule has 0 spiro atoms. The fourth-order valence-corrected chi connectivity index (χ4v) is 1.07. The molecule has 0 radical (unpaired) electrons. The van der Waals surface area contributed by atoms with Crippen molar-refractivity contribution < 1.29 is 4.39 Å². The quantitative estimate of drug-likeness (QED) is 0.708. The van der Waals surface area contributed by atoms with E-state index in [2.05, 4.69) is 10.6 Å². The highest BCUT2D eigenvalue weighted by atomic mass is 35.5. The minimum absolute atomic E-state index is 0.0731. The molecule has 0 aliphatic rings. The topological polar surface area (TPSA) is 24.1 Å². The summed E-state index contributed by atoms with van der Waals surface area (Å²) in [6.45, 7) is 0. The maximum atomic E-state index is 13.2. The van der Waals surface area contributed by atoms with Crippen LogP contribution >= 0.6 is 23.8 Å². The average molecular weight is 219 g/mol. The van der Waals surface area contributed by atoms with Crippen molar-refractivity contribution in [1.29, 1.82) is 0 Å². The maximum absolute atomic E-state index is 13.2. The molecular weight excluding hydrogens is 211 g/mol. The van der Waals surface area contributed by atoms with E-state index in [1.54, 1.807) is 19.2 Å². The number of halogens is 2. The van der Waals surface area contributed by atoms with Crippen LogP contribution < -0.4 is 10.6 Å². The van der Waals surface area contributed by atoms with Gasteiger partial charge in [0.2, 0.25) is 0 Å².